The molecule has 5 unspecified atom stereocenters. The molecule has 11 N–H and O–H groups in total. The summed E-state index contributed by atoms with van der Waals surface area (Å²) in [6.07, 6.45) is -0.408. The molecule has 0 fully saturated rings. The van der Waals surface area contributed by atoms with Gasteiger partial charge in [-0.15, -0.1) is 0 Å². The van der Waals surface area contributed by atoms with E-state index in [4.69, 9.17) is 20.4 Å². The molecule has 15 heteroatoms. The van der Waals surface area contributed by atoms with E-state index in [1.807, 2.05) is 20.8 Å². The van der Waals surface area contributed by atoms with Crippen LogP contribution >= 0.6 is 0 Å². The van der Waals surface area contributed by atoms with Gasteiger partial charge < -0.3 is 46.2 Å². The van der Waals surface area contributed by atoms with Crippen LogP contribution in [-0.2, 0) is 19.2 Å². The van der Waals surface area contributed by atoms with E-state index in [-0.39, 0.29) is 35.8 Å². The summed E-state index contributed by atoms with van der Waals surface area (Å²) in [7, 11) is 0. The Bertz CT molecular complexity index is 1630. The Morgan fingerprint density at radius 2 is 1.02 bits per heavy atom. The Kier molecular flexibility index (Phi) is 18.8. The fourth-order valence-corrected chi connectivity index (χ4v) is 4.70. The van der Waals surface area contributed by atoms with E-state index in [0.717, 1.165) is 11.1 Å². The van der Waals surface area contributed by atoms with Crippen LogP contribution in [0.25, 0.3) is 0 Å². The lowest BCUT2D eigenvalue weighted by molar-refractivity contribution is -0.143. The van der Waals surface area contributed by atoms with E-state index in [2.05, 4.69) is 16.0 Å². The molecule has 0 bridgehead atoms. The van der Waals surface area contributed by atoms with Gasteiger partial charge in [0, 0.05) is 23.2 Å². The summed E-state index contributed by atoms with van der Waals surface area (Å²) in [4.78, 5) is 44.4. The molecule has 286 valence electrons. The molecule has 52 heavy (non-hydrogen) atoms. The van der Waals surface area contributed by atoms with Crippen LogP contribution in [0.2, 0.25) is 0 Å². The van der Waals surface area contributed by atoms with Gasteiger partial charge in [0.25, 0.3) is 0 Å². The van der Waals surface area contributed by atoms with Crippen LogP contribution in [0.15, 0.2) is 60.7 Å². The zero-order chi connectivity index (χ0) is 39.7. The smallest absolute Gasteiger partial charge is 0.325 e. The summed E-state index contributed by atoms with van der Waals surface area (Å²) in [5.74, 6) is -4.32. The van der Waals surface area contributed by atoms with Gasteiger partial charge in [-0.05, 0) is 57.9 Å². The first kappa shape index (κ1) is 44.8. The highest BCUT2D eigenvalue weighted by molar-refractivity contribution is 5.80. The topological polar surface area (TPSA) is 266 Å². The lowest BCUT2D eigenvalue weighted by Crippen LogP contribution is -2.41. The molecule has 5 atom stereocenters. The van der Waals surface area contributed by atoms with Crippen molar-refractivity contribution in [2.24, 2.45) is 5.92 Å². The fourth-order valence-electron chi connectivity index (χ4n) is 4.70. The standard InChI is InChI=1S/C13H17NO5.C12H17NO4.C12H17NO3/c1-3-9(12(16)17)14-11(13(18)19)8-6-7(2)4-5-10(8)15;1-7-3-4-10(15)9(5-7)11(12(16)17)13-6-8(2)14;1-8(2)7-13-11(12(15)16)9-5-3-4-6-10(9)14/h4-6,9,11,14-15H,3H2,1-2H3,(H,16,17)(H,18,19);3-5,8,11,13-15H,6H2,1-2H3,(H,16,17);3-6,8,11,13-14H,7H2,1-2H3,(H,15,16). The van der Waals surface area contributed by atoms with Gasteiger partial charge in [-0.2, -0.15) is 0 Å². The van der Waals surface area contributed by atoms with Gasteiger partial charge in [-0.3, -0.25) is 29.8 Å². The number of aromatic hydroxyl groups is 3. The zero-order valence-electron chi connectivity index (χ0n) is 30.1. The van der Waals surface area contributed by atoms with Gasteiger partial charge in [0.1, 0.15) is 41.4 Å². The van der Waals surface area contributed by atoms with Crippen molar-refractivity contribution in [1.82, 2.24) is 16.0 Å². The Balaban J connectivity index is 0.000000392. The number of aliphatic hydroxyl groups excluding tert-OH is 1. The molecular weight excluding hydrogens is 678 g/mol. The van der Waals surface area contributed by atoms with Gasteiger partial charge in [0.15, 0.2) is 0 Å². The first-order valence-corrected chi connectivity index (χ1v) is 16.5. The van der Waals surface area contributed by atoms with Crippen LogP contribution < -0.4 is 16.0 Å². The molecule has 15 nitrogen and oxygen atoms in total. The van der Waals surface area contributed by atoms with E-state index in [1.54, 1.807) is 57.2 Å². The minimum absolute atomic E-state index is 0.00570. The van der Waals surface area contributed by atoms with E-state index in [9.17, 15) is 39.6 Å². The second kappa shape index (κ2) is 21.9. The van der Waals surface area contributed by atoms with Crippen LogP contribution in [0.4, 0.5) is 0 Å². The van der Waals surface area contributed by atoms with Gasteiger partial charge in [0.2, 0.25) is 0 Å². The van der Waals surface area contributed by atoms with Gasteiger partial charge in [-0.1, -0.05) is 74.4 Å². The molecular formula is C37H51N3O12. The van der Waals surface area contributed by atoms with E-state index >= 15 is 0 Å². The van der Waals surface area contributed by atoms with Crippen molar-refractivity contribution in [2.75, 3.05) is 13.1 Å². The molecule has 3 aromatic carbocycles. The minimum atomic E-state index is -1.26. The summed E-state index contributed by atoms with van der Waals surface area (Å²) < 4.78 is 0. The first-order valence-electron chi connectivity index (χ1n) is 16.5. The number of nitrogens with one attached hydrogen (secondary N) is 3. The Morgan fingerprint density at radius 1 is 0.596 bits per heavy atom. The fraction of sp³-hybridized carbons (Fsp3) is 0.405. The van der Waals surface area contributed by atoms with Crippen molar-refractivity contribution in [3.63, 3.8) is 0 Å². The Morgan fingerprint density at radius 3 is 1.42 bits per heavy atom. The van der Waals surface area contributed by atoms with E-state index in [1.165, 1.54) is 24.3 Å². The van der Waals surface area contributed by atoms with Crippen LogP contribution in [0.3, 0.4) is 0 Å². The average Bonchev–Trinajstić information content (AvgIpc) is 3.05. The third-order valence-corrected chi connectivity index (χ3v) is 7.40. The summed E-state index contributed by atoms with van der Waals surface area (Å²) in [6, 6.07) is 11.7. The second-order valence-electron chi connectivity index (χ2n) is 12.5. The second-order valence-corrected chi connectivity index (χ2v) is 12.5. The molecule has 0 aliphatic rings. The minimum Gasteiger partial charge on any atom is -0.508 e. The van der Waals surface area contributed by atoms with Crippen LogP contribution in [0.1, 0.15) is 80.1 Å². The van der Waals surface area contributed by atoms with Crippen molar-refractivity contribution in [1.29, 1.82) is 0 Å². The third kappa shape index (κ3) is 14.9. The molecule has 3 aromatic rings. The number of carboxylic acids is 4. The maximum absolute atomic E-state index is 11.3. The maximum atomic E-state index is 11.3. The molecule has 0 heterocycles. The highest BCUT2D eigenvalue weighted by Crippen LogP contribution is 2.27. The molecule has 0 aliphatic heterocycles. The SMILES string of the molecule is CC(C)CNC(C(=O)O)c1ccccc1O.CCC(NC(C(=O)O)c1cc(C)ccc1O)C(=O)O.Cc1ccc(O)c(C(NCC(C)O)C(=O)O)c1. The highest BCUT2D eigenvalue weighted by atomic mass is 16.4. The molecule has 3 rings (SSSR count). The number of phenolic OH excluding ortho intramolecular Hbond substituents is 3. The summed E-state index contributed by atoms with van der Waals surface area (Å²) in [5.41, 5.74) is 2.51. The predicted octanol–water partition coefficient (Wildman–Crippen LogP) is 3.84. The van der Waals surface area contributed by atoms with Gasteiger partial charge in [-0.25, -0.2) is 0 Å². The quantitative estimate of drug-likeness (QED) is 0.100. The molecule has 0 saturated heterocycles. The molecule has 0 saturated carbocycles. The lowest BCUT2D eigenvalue weighted by Gasteiger charge is -2.20. The van der Waals surface area contributed by atoms with Crippen LogP contribution in [0, 0.1) is 19.8 Å². The number of hydrogen-bond donors (Lipinski definition) is 11. The molecule has 0 amide bonds. The largest absolute Gasteiger partial charge is 0.508 e. The van der Waals surface area contributed by atoms with Crippen molar-refractivity contribution in [3.8, 4) is 17.2 Å². The monoisotopic (exact) mass is 729 g/mol. The zero-order valence-corrected chi connectivity index (χ0v) is 30.1. The van der Waals surface area contributed by atoms with Gasteiger partial charge in [0.05, 0.1) is 6.10 Å². The number of phenols is 3. The first-order chi connectivity index (χ1) is 24.3. The number of para-hydroxylation sites is 1. The van der Waals surface area contributed by atoms with Crippen LogP contribution in [0.5, 0.6) is 17.2 Å². The Hall–Kier alpha value is -5.22. The van der Waals surface area contributed by atoms with Gasteiger partial charge >= 0.3 is 23.9 Å². The Labute approximate surface area is 302 Å². The molecule has 0 aliphatic carbocycles. The predicted molar refractivity (Wildman–Crippen MR) is 192 cm³/mol. The third-order valence-electron chi connectivity index (χ3n) is 7.40. The number of carbonyl (C=O) groups is 4. The normalized spacial score (nSPS) is 13.6. The molecule has 0 radical (unpaired) electrons. The van der Waals surface area contributed by atoms with Crippen molar-refractivity contribution in [3.05, 3.63) is 88.5 Å². The summed E-state index contributed by atoms with van der Waals surface area (Å²) in [5, 5.41) is 82.6. The van der Waals surface area contributed by atoms with Crippen molar-refractivity contribution in [2.45, 2.75) is 78.2 Å². The number of carboxylic acid groups (broad SMARTS) is 4. The number of aryl methyl sites for hydroxylation is 2. The summed E-state index contributed by atoms with van der Waals surface area (Å²) >= 11 is 0. The highest BCUT2D eigenvalue weighted by Gasteiger charge is 2.28. The number of aliphatic hydroxyl groups is 1. The van der Waals surface area contributed by atoms with Crippen molar-refractivity contribution >= 4 is 23.9 Å². The number of hydrogen-bond acceptors (Lipinski definition) is 11. The van der Waals surface area contributed by atoms with Crippen molar-refractivity contribution < 1.29 is 60.0 Å². The van der Waals surface area contributed by atoms with E-state index < -0.39 is 54.1 Å². The van der Waals surface area contributed by atoms with Crippen LogP contribution in [-0.4, -0.2) is 90.0 Å². The molecule has 0 spiro atoms. The number of benzene rings is 3. The lowest BCUT2D eigenvalue weighted by atomic mass is 10.0. The average molecular weight is 730 g/mol. The number of rotatable bonds is 16. The molecule has 0 aromatic heterocycles. The van der Waals surface area contributed by atoms with E-state index in [0.29, 0.717) is 23.6 Å². The summed E-state index contributed by atoms with van der Waals surface area (Å²) in [6.45, 7) is 11.5. The number of aliphatic carboxylic acids is 4. The maximum Gasteiger partial charge on any atom is 0.325 e.